The molecule has 0 spiro atoms. The molecule has 1 aliphatic rings. The lowest BCUT2D eigenvalue weighted by Gasteiger charge is -2.30. The molecular formula is C24H29N3O3S2. The number of aryl methyl sites for hydroxylation is 1. The molecule has 0 bridgehead atoms. The van der Waals surface area contributed by atoms with Crippen LogP contribution in [-0.2, 0) is 21.4 Å². The van der Waals surface area contributed by atoms with Gasteiger partial charge >= 0.3 is 0 Å². The van der Waals surface area contributed by atoms with E-state index in [9.17, 15) is 13.2 Å². The second-order valence-electron chi connectivity index (χ2n) is 8.48. The minimum atomic E-state index is -3.61. The molecule has 0 aliphatic carbocycles. The van der Waals surface area contributed by atoms with Gasteiger partial charge in [-0.3, -0.25) is 4.79 Å². The normalized spacial score (nSPS) is 18.5. The summed E-state index contributed by atoms with van der Waals surface area (Å²) in [5, 5.41) is 0. The van der Waals surface area contributed by atoms with Gasteiger partial charge in [-0.05, 0) is 55.5 Å². The molecule has 2 aromatic carbocycles. The van der Waals surface area contributed by atoms with Crippen LogP contribution in [0.2, 0.25) is 0 Å². The minimum absolute atomic E-state index is 0.175. The van der Waals surface area contributed by atoms with Gasteiger partial charge in [-0.25, -0.2) is 8.42 Å². The molecular weight excluding hydrogens is 442 g/mol. The summed E-state index contributed by atoms with van der Waals surface area (Å²) in [5.74, 6) is -0.238. The van der Waals surface area contributed by atoms with Crippen molar-refractivity contribution in [3.8, 4) is 0 Å². The van der Waals surface area contributed by atoms with Crippen molar-refractivity contribution < 1.29 is 13.2 Å². The third-order valence-corrected chi connectivity index (χ3v) is 8.93. The molecule has 0 radical (unpaired) electrons. The number of amides is 1. The van der Waals surface area contributed by atoms with Crippen molar-refractivity contribution >= 4 is 37.5 Å². The second kappa shape index (κ2) is 9.29. The molecule has 32 heavy (non-hydrogen) atoms. The van der Waals surface area contributed by atoms with E-state index in [1.165, 1.54) is 21.2 Å². The molecule has 3 aromatic rings. The number of aromatic nitrogens is 1. The molecule has 0 saturated carbocycles. The Balaban J connectivity index is 1.62. The summed E-state index contributed by atoms with van der Waals surface area (Å²) in [6.07, 6.45) is 1.30. The first kappa shape index (κ1) is 22.9. The van der Waals surface area contributed by atoms with Crippen LogP contribution in [0.15, 0.2) is 58.4 Å². The molecule has 6 nitrogen and oxygen atoms in total. The van der Waals surface area contributed by atoms with Crippen LogP contribution >= 0.6 is 11.3 Å². The molecule has 170 valence electrons. The van der Waals surface area contributed by atoms with Crippen molar-refractivity contribution in [3.63, 3.8) is 0 Å². The highest BCUT2D eigenvalue weighted by molar-refractivity contribution is 7.89. The Hall–Kier alpha value is -2.29. The van der Waals surface area contributed by atoms with Crippen LogP contribution in [0.1, 0.15) is 45.1 Å². The standard InChI is InChI=1S/C24H29N3O3S2/c1-4-27-21-13-12-18(17(2)3)15-22(21)31-24(27)25-23(28)19-9-8-14-26(16-19)32(29,30)20-10-6-5-7-11-20/h5-7,10-13,15,17,19H,4,8-9,14,16H2,1-3H3. The predicted molar refractivity (Wildman–Crippen MR) is 128 cm³/mol. The molecule has 1 aliphatic heterocycles. The minimum Gasteiger partial charge on any atom is -0.317 e. The lowest BCUT2D eigenvalue weighted by atomic mass is 9.99. The molecule has 1 amide bonds. The van der Waals surface area contributed by atoms with Crippen LogP contribution in [0.4, 0.5) is 0 Å². The largest absolute Gasteiger partial charge is 0.317 e. The Morgan fingerprint density at radius 2 is 1.94 bits per heavy atom. The highest BCUT2D eigenvalue weighted by Gasteiger charge is 2.33. The highest BCUT2D eigenvalue weighted by atomic mass is 32.2. The van der Waals surface area contributed by atoms with E-state index in [1.807, 2.05) is 6.92 Å². The van der Waals surface area contributed by atoms with Gasteiger partial charge in [0.15, 0.2) is 4.80 Å². The molecule has 8 heteroatoms. The zero-order valence-electron chi connectivity index (χ0n) is 18.7. The topological polar surface area (TPSA) is 71.7 Å². The Bertz CT molecular complexity index is 1290. The smallest absolute Gasteiger partial charge is 0.252 e. The fraction of sp³-hybridized carbons (Fsp3) is 0.417. The Kier molecular flexibility index (Phi) is 6.65. The number of nitrogens with zero attached hydrogens (tertiary/aromatic N) is 3. The van der Waals surface area contributed by atoms with Crippen molar-refractivity contribution in [1.82, 2.24) is 8.87 Å². The first-order chi connectivity index (χ1) is 15.3. The maximum atomic E-state index is 13.1. The summed E-state index contributed by atoms with van der Waals surface area (Å²) >= 11 is 1.52. The summed E-state index contributed by atoms with van der Waals surface area (Å²) in [6.45, 7) is 7.68. The van der Waals surface area contributed by atoms with E-state index >= 15 is 0 Å². The van der Waals surface area contributed by atoms with Gasteiger partial charge in [-0.1, -0.05) is 49.4 Å². The van der Waals surface area contributed by atoms with Gasteiger partial charge in [0.1, 0.15) is 0 Å². The molecule has 4 rings (SSSR count). The van der Waals surface area contributed by atoms with Gasteiger partial charge in [0.25, 0.3) is 5.91 Å². The highest BCUT2D eigenvalue weighted by Crippen LogP contribution is 2.26. The van der Waals surface area contributed by atoms with E-state index < -0.39 is 15.9 Å². The van der Waals surface area contributed by atoms with Crippen LogP contribution in [0.3, 0.4) is 0 Å². The SMILES string of the molecule is CCn1c(=NC(=O)C2CCCN(S(=O)(=O)c3ccccc3)C2)sc2cc(C(C)C)ccc21. The van der Waals surface area contributed by atoms with Gasteiger partial charge in [0.2, 0.25) is 10.0 Å². The van der Waals surface area contributed by atoms with Crippen LogP contribution in [0.25, 0.3) is 10.2 Å². The van der Waals surface area contributed by atoms with E-state index in [1.54, 1.807) is 30.3 Å². The van der Waals surface area contributed by atoms with Gasteiger partial charge in [0, 0.05) is 19.6 Å². The summed E-state index contributed by atoms with van der Waals surface area (Å²) in [4.78, 5) is 18.5. The molecule has 0 N–H and O–H groups in total. The van der Waals surface area contributed by atoms with E-state index in [2.05, 4.69) is 41.6 Å². The number of hydrogen-bond donors (Lipinski definition) is 0. The fourth-order valence-electron chi connectivity index (χ4n) is 4.13. The van der Waals surface area contributed by atoms with Crippen LogP contribution in [-0.4, -0.2) is 36.3 Å². The lowest BCUT2D eigenvalue weighted by Crippen LogP contribution is -2.42. The molecule has 1 unspecified atom stereocenters. The first-order valence-electron chi connectivity index (χ1n) is 11.1. The average molecular weight is 472 g/mol. The fourth-order valence-corrected chi connectivity index (χ4v) is 6.82. The van der Waals surface area contributed by atoms with Crippen molar-refractivity contribution in [1.29, 1.82) is 0 Å². The number of piperidine rings is 1. The molecule has 1 aromatic heterocycles. The second-order valence-corrected chi connectivity index (χ2v) is 11.4. The summed E-state index contributed by atoms with van der Waals surface area (Å²) < 4.78 is 30.6. The number of sulfonamides is 1. The number of fused-ring (bicyclic) bond motifs is 1. The summed E-state index contributed by atoms with van der Waals surface area (Å²) in [6, 6.07) is 14.8. The molecule has 2 heterocycles. The van der Waals surface area contributed by atoms with E-state index in [4.69, 9.17) is 0 Å². The van der Waals surface area contributed by atoms with Crippen molar-refractivity contribution in [2.75, 3.05) is 13.1 Å². The molecule has 1 atom stereocenters. The van der Waals surface area contributed by atoms with E-state index in [-0.39, 0.29) is 17.3 Å². The molecule has 1 fully saturated rings. The number of benzene rings is 2. The van der Waals surface area contributed by atoms with Crippen LogP contribution < -0.4 is 4.80 Å². The maximum Gasteiger partial charge on any atom is 0.252 e. The average Bonchev–Trinajstić information content (AvgIpc) is 3.15. The third-order valence-electron chi connectivity index (χ3n) is 6.01. The van der Waals surface area contributed by atoms with Crippen molar-refractivity contribution in [2.24, 2.45) is 10.9 Å². The zero-order chi connectivity index (χ0) is 22.9. The Morgan fingerprint density at radius 3 is 2.62 bits per heavy atom. The Morgan fingerprint density at radius 1 is 1.19 bits per heavy atom. The monoisotopic (exact) mass is 471 g/mol. The summed E-state index contributed by atoms with van der Waals surface area (Å²) in [5.41, 5.74) is 2.33. The number of hydrogen-bond acceptors (Lipinski definition) is 4. The summed E-state index contributed by atoms with van der Waals surface area (Å²) in [7, 11) is -3.61. The number of thiazole rings is 1. The van der Waals surface area contributed by atoms with Gasteiger partial charge < -0.3 is 4.57 Å². The quantitative estimate of drug-likeness (QED) is 0.555. The maximum absolute atomic E-state index is 13.1. The molecule has 1 saturated heterocycles. The number of carbonyl (C=O) groups is 1. The Labute approximate surface area is 193 Å². The zero-order valence-corrected chi connectivity index (χ0v) is 20.3. The third kappa shape index (κ3) is 4.44. The van der Waals surface area contributed by atoms with Crippen LogP contribution in [0, 0.1) is 5.92 Å². The van der Waals surface area contributed by atoms with Gasteiger partial charge in [0.05, 0.1) is 21.0 Å². The first-order valence-corrected chi connectivity index (χ1v) is 13.3. The number of carbonyl (C=O) groups excluding carboxylic acids is 1. The number of rotatable bonds is 5. The van der Waals surface area contributed by atoms with Crippen LogP contribution in [0.5, 0.6) is 0 Å². The van der Waals surface area contributed by atoms with Gasteiger partial charge in [-0.2, -0.15) is 9.30 Å². The van der Waals surface area contributed by atoms with Crippen molar-refractivity contribution in [2.45, 2.75) is 51.0 Å². The van der Waals surface area contributed by atoms with Crippen molar-refractivity contribution in [3.05, 3.63) is 58.9 Å². The van der Waals surface area contributed by atoms with E-state index in [0.29, 0.717) is 36.7 Å². The predicted octanol–water partition coefficient (Wildman–Crippen LogP) is 4.37. The van der Waals surface area contributed by atoms with E-state index in [0.717, 1.165) is 10.2 Å². The van der Waals surface area contributed by atoms with Gasteiger partial charge in [-0.15, -0.1) is 0 Å². The lowest BCUT2D eigenvalue weighted by molar-refractivity contribution is -0.122.